The second-order valence-electron chi connectivity index (χ2n) is 4.68. The molecule has 0 unspecified atom stereocenters. The van der Waals surface area contributed by atoms with E-state index in [1.54, 1.807) is 18.2 Å². The van der Waals surface area contributed by atoms with Crippen LogP contribution in [0.15, 0.2) is 41.5 Å². The Morgan fingerprint density at radius 3 is 2.68 bits per heavy atom. The molecule has 2 rings (SSSR count). The fourth-order valence-corrected chi connectivity index (χ4v) is 2.10. The molecule has 2 amide bonds. The van der Waals surface area contributed by atoms with Gasteiger partial charge in [0.05, 0.1) is 29.1 Å². The highest BCUT2D eigenvalue weighted by Crippen LogP contribution is 2.29. The van der Waals surface area contributed by atoms with Crippen molar-refractivity contribution in [3.05, 3.63) is 52.0 Å². The van der Waals surface area contributed by atoms with Crippen LogP contribution in [0.2, 0.25) is 10.0 Å². The van der Waals surface area contributed by atoms with E-state index in [4.69, 9.17) is 27.9 Å². The third-order valence-electron chi connectivity index (χ3n) is 3.01. The lowest BCUT2D eigenvalue weighted by Gasteiger charge is -2.07. The molecule has 0 fully saturated rings. The number of amides is 2. The number of methoxy groups -OCH3 is 1. The van der Waals surface area contributed by atoms with Gasteiger partial charge >= 0.3 is 11.8 Å². The number of nitrogens with one attached hydrogen (secondary N) is 2. The highest BCUT2D eigenvalue weighted by atomic mass is 35.5. The lowest BCUT2D eigenvalue weighted by Crippen LogP contribution is -2.32. The third-order valence-corrected chi connectivity index (χ3v) is 3.83. The number of phenolic OH excluding ortho intramolecular Hbond substituents is 1. The van der Waals surface area contributed by atoms with Gasteiger partial charge in [-0.05, 0) is 30.3 Å². The fourth-order valence-electron chi connectivity index (χ4n) is 1.75. The molecule has 0 spiro atoms. The standard InChI is InChI=1S/C16H13Cl2N3O4/c1-25-10-5-6-13(22)9(7-10)8-19-21-16(24)15(23)20-12-4-2-3-11(17)14(12)18/h2-8,22H,1H3,(H,20,23)(H,21,24)/b19-8+. The molecule has 0 radical (unpaired) electrons. The van der Waals surface area contributed by atoms with Crippen molar-refractivity contribution in [2.45, 2.75) is 0 Å². The Labute approximate surface area is 153 Å². The van der Waals surface area contributed by atoms with Crippen LogP contribution in [0.4, 0.5) is 5.69 Å². The fraction of sp³-hybridized carbons (Fsp3) is 0.0625. The van der Waals surface area contributed by atoms with Crippen LogP contribution in [0.3, 0.4) is 0 Å². The minimum absolute atomic E-state index is 0.0611. The third kappa shape index (κ3) is 4.85. The number of halogens is 2. The summed E-state index contributed by atoms with van der Waals surface area (Å²) in [4.78, 5) is 23.6. The number of carbonyl (C=O) groups is 2. The van der Waals surface area contributed by atoms with Crippen LogP contribution in [0.5, 0.6) is 11.5 Å². The Balaban J connectivity index is 2.00. The van der Waals surface area contributed by atoms with Crippen LogP contribution in [0.1, 0.15) is 5.56 Å². The molecule has 7 nitrogen and oxygen atoms in total. The number of rotatable bonds is 4. The van der Waals surface area contributed by atoms with Crippen LogP contribution in [-0.4, -0.2) is 30.2 Å². The Hall–Kier alpha value is -2.77. The number of anilines is 1. The van der Waals surface area contributed by atoms with Crippen LogP contribution in [0.25, 0.3) is 0 Å². The second-order valence-corrected chi connectivity index (χ2v) is 5.46. The molecule has 0 aliphatic carbocycles. The molecule has 0 saturated carbocycles. The predicted molar refractivity (Wildman–Crippen MR) is 95.5 cm³/mol. The van der Waals surface area contributed by atoms with Gasteiger partial charge in [-0.25, -0.2) is 5.43 Å². The highest BCUT2D eigenvalue weighted by Gasteiger charge is 2.15. The summed E-state index contributed by atoms with van der Waals surface area (Å²) >= 11 is 11.8. The molecule has 130 valence electrons. The summed E-state index contributed by atoms with van der Waals surface area (Å²) in [5, 5.41) is 16.0. The number of hydrazone groups is 1. The molecule has 0 aromatic heterocycles. The lowest BCUT2D eigenvalue weighted by atomic mass is 10.2. The largest absolute Gasteiger partial charge is 0.507 e. The summed E-state index contributed by atoms with van der Waals surface area (Å²) in [6, 6.07) is 9.10. The number of hydrogen-bond acceptors (Lipinski definition) is 5. The Kier molecular flexibility index (Phi) is 6.21. The first kappa shape index (κ1) is 18.6. The SMILES string of the molecule is COc1ccc(O)c(/C=N/NC(=O)C(=O)Nc2cccc(Cl)c2Cl)c1. The van der Waals surface area contributed by atoms with E-state index in [0.29, 0.717) is 11.3 Å². The first-order valence-electron chi connectivity index (χ1n) is 6.87. The average Bonchev–Trinajstić information content (AvgIpc) is 2.60. The van der Waals surface area contributed by atoms with Crippen molar-refractivity contribution in [1.82, 2.24) is 5.43 Å². The van der Waals surface area contributed by atoms with E-state index >= 15 is 0 Å². The quantitative estimate of drug-likeness (QED) is 0.430. The number of aromatic hydroxyl groups is 1. The summed E-state index contributed by atoms with van der Waals surface area (Å²) in [6.45, 7) is 0. The van der Waals surface area contributed by atoms with Gasteiger partial charge < -0.3 is 15.2 Å². The van der Waals surface area contributed by atoms with E-state index in [1.807, 2.05) is 5.43 Å². The van der Waals surface area contributed by atoms with Gasteiger partial charge in [0.2, 0.25) is 0 Å². The van der Waals surface area contributed by atoms with Crippen molar-refractivity contribution < 1.29 is 19.4 Å². The zero-order valence-electron chi connectivity index (χ0n) is 12.9. The summed E-state index contributed by atoms with van der Waals surface area (Å²) in [6.07, 6.45) is 1.18. The van der Waals surface area contributed by atoms with Crippen molar-refractivity contribution in [3.63, 3.8) is 0 Å². The summed E-state index contributed by atoms with van der Waals surface area (Å²) in [5.41, 5.74) is 2.54. The minimum Gasteiger partial charge on any atom is -0.507 e. The van der Waals surface area contributed by atoms with E-state index in [9.17, 15) is 14.7 Å². The first-order valence-corrected chi connectivity index (χ1v) is 7.63. The van der Waals surface area contributed by atoms with Crippen LogP contribution in [0, 0.1) is 0 Å². The Morgan fingerprint density at radius 2 is 1.96 bits per heavy atom. The van der Waals surface area contributed by atoms with Crippen LogP contribution >= 0.6 is 23.2 Å². The molecule has 2 aromatic rings. The number of ether oxygens (including phenoxy) is 1. The molecule has 0 saturated heterocycles. The van der Waals surface area contributed by atoms with Gasteiger partial charge in [-0.2, -0.15) is 5.10 Å². The zero-order chi connectivity index (χ0) is 18.4. The summed E-state index contributed by atoms with van der Waals surface area (Å²) in [7, 11) is 1.47. The maximum absolute atomic E-state index is 11.8. The number of benzene rings is 2. The molecule has 0 aliphatic rings. The Bertz CT molecular complexity index is 840. The van der Waals surface area contributed by atoms with Gasteiger partial charge in [0.1, 0.15) is 11.5 Å². The number of carbonyl (C=O) groups excluding carboxylic acids is 2. The molecular formula is C16H13Cl2N3O4. The van der Waals surface area contributed by atoms with Crippen molar-refractivity contribution in [1.29, 1.82) is 0 Å². The van der Waals surface area contributed by atoms with Crippen molar-refractivity contribution in [3.8, 4) is 11.5 Å². The zero-order valence-corrected chi connectivity index (χ0v) is 14.4. The van der Waals surface area contributed by atoms with Crippen LogP contribution < -0.4 is 15.5 Å². The first-order chi connectivity index (χ1) is 11.9. The van der Waals surface area contributed by atoms with Gasteiger partial charge in [-0.3, -0.25) is 9.59 Å². The van der Waals surface area contributed by atoms with Gasteiger partial charge in [-0.15, -0.1) is 0 Å². The topological polar surface area (TPSA) is 100 Å². The van der Waals surface area contributed by atoms with Gasteiger partial charge in [-0.1, -0.05) is 29.3 Å². The monoisotopic (exact) mass is 381 g/mol. The average molecular weight is 382 g/mol. The predicted octanol–water partition coefficient (Wildman–Crippen LogP) is 2.80. The minimum atomic E-state index is -1.02. The number of phenols is 1. The van der Waals surface area contributed by atoms with Crippen molar-refractivity contribution in [2.24, 2.45) is 5.10 Å². The molecule has 25 heavy (non-hydrogen) atoms. The van der Waals surface area contributed by atoms with E-state index < -0.39 is 11.8 Å². The smallest absolute Gasteiger partial charge is 0.329 e. The number of hydrogen-bond donors (Lipinski definition) is 3. The number of nitrogens with zero attached hydrogens (tertiary/aromatic N) is 1. The van der Waals surface area contributed by atoms with E-state index in [0.717, 1.165) is 0 Å². The van der Waals surface area contributed by atoms with Gasteiger partial charge in [0.25, 0.3) is 0 Å². The van der Waals surface area contributed by atoms with Crippen molar-refractivity contribution >= 4 is 46.9 Å². The molecule has 0 bridgehead atoms. The van der Waals surface area contributed by atoms with Crippen LogP contribution in [-0.2, 0) is 9.59 Å². The maximum Gasteiger partial charge on any atom is 0.329 e. The Morgan fingerprint density at radius 1 is 1.20 bits per heavy atom. The summed E-state index contributed by atoms with van der Waals surface area (Å²) in [5.74, 6) is -1.56. The van der Waals surface area contributed by atoms with E-state index in [1.165, 1.54) is 31.5 Å². The van der Waals surface area contributed by atoms with E-state index in [2.05, 4.69) is 10.4 Å². The van der Waals surface area contributed by atoms with Crippen molar-refractivity contribution in [2.75, 3.05) is 12.4 Å². The molecule has 0 heterocycles. The second kappa shape index (κ2) is 8.36. The molecule has 3 N–H and O–H groups in total. The molecule has 0 atom stereocenters. The highest BCUT2D eigenvalue weighted by molar-refractivity contribution is 6.45. The normalized spacial score (nSPS) is 10.5. The van der Waals surface area contributed by atoms with E-state index in [-0.39, 0.29) is 21.5 Å². The molecule has 9 heteroatoms. The molecule has 2 aromatic carbocycles. The summed E-state index contributed by atoms with van der Waals surface area (Å²) < 4.78 is 5.02. The maximum atomic E-state index is 11.8. The molecular weight excluding hydrogens is 369 g/mol. The van der Waals surface area contributed by atoms with Gasteiger partial charge in [0.15, 0.2) is 0 Å². The lowest BCUT2D eigenvalue weighted by molar-refractivity contribution is -0.136. The molecule has 0 aliphatic heterocycles. The van der Waals surface area contributed by atoms with Gasteiger partial charge in [0, 0.05) is 5.56 Å².